The van der Waals surface area contributed by atoms with E-state index in [1.165, 1.54) is 0 Å². The van der Waals surface area contributed by atoms with Crippen LogP contribution in [0.4, 0.5) is 10.2 Å². The van der Waals surface area contributed by atoms with Gasteiger partial charge in [0.2, 0.25) is 0 Å². The second kappa shape index (κ2) is 4.60. The number of hydrogen-bond acceptors (Lipinski definition) is 4. The van der Waals surface area contributed by atoms with E-state index in [2.05, 4.69) is 9.97 Å². The van der Waals surface area contributed by atoms with Crippen LogP contribution in [0.15, 0.2) is 18.2 Å². The average molecular weight is 247 g/mol. The third-order valence-corrected chi connectivity index (χ3v) is 2.70. The summed E-state index contributed by atoms with van der Waals surface area (Å²) in [6, 6.07) is 5.52. The molecule has 0 aliphatic rings. The Morgan fingerprint density at radius 1 is 1.22 bits per heavy atom. The van der Waals surface area contributed by atoms with Gasteiger partial charge in [0.25, 0.3) is 0 Å². The molecule has 5 heteroatoms. The summed E-state index contributed by atoms with van der Waals surface area (Å²) in [5.74, 6) is 0.498. The Kier molecular flexibility index (Phi) is 3.14. The van der Waals surface area contributed by atoms with E-state index in [0.717, 1.165) is 16.9 Å². The summed E-state index contributed by atoms with van der Waals surface area (Å²) < 4.78 is 18.5. The van der Waals surface area contributed by atoms with E-state index in [1.54, 1.807) is 14.0 Å². The molecule has 0 spiro atoms. The fraction of sp³-hybridized carbons (Fsp3) is 0.231. The fourth-order valence-corrected chi connectivity index (χ4v) is 1.73. The molecule has 4 nitrogen and oxygen atoms in total. The molecule has 0 saturated heterocycles. The molecule has 2 aromatic rings. The Bertz CT molecular complexity index is 576. The largest absolute Gasteiger partial charge is 0.496 e. The van der Waals surface area contributed by atoms with Crippen LogP contribution in [-0.4, -0.2) is 17.1 Å². The van der Waals surface area contributed by atoms with Gasteiger partial charge in [-0.3, -0.25) is 0 Å². The zero-order chi connectivity index (χ0) is 13.3. The number of hydrogen-bond donors (Lipinski definition) is 1. The topological polar surface area (TPSA) is 61.0 Å². The lowest BCUT2D eigenvalue weighted by atomic mass is 10.1. The first kappa shape index (κ1) is 12.3. The minimum absolute atomic E-state index is 0.133. The number of ether oxygens (including phenoxy) is 1. The van der Waals surface area contributed by atoms with Crippen LogP contribution < -0.4 is 10.5 Å². The standard InChI is InChI=1S/C13H14FN3O/c1-7-6-9(4-5-10(7)18-3)13-16-8(2)11(14)12(15)17-13/h4-6H,1-3H3,(H2,15,16,17). The Balaban J connectivity index is 2.52. The van der Waals surface area contributed by atoms with Crippen molar-refractivity contribution in [2.24, 2.45) is 0 Å². The first-order valence-corrected chi connectivity index (χ1v) is 5.47. The molecule has 94 valence electrons. The Labute approximate surface area is 105 Å². The summed E-state index contributed by atoms with van der Waals surface area (Å²) in [6.45, 7) is 3.48. The van der Waals surface area contributed by atoms with E-state index in [1.807, 2.05) is 25.1 Å². The molecule has 0 saturated carbocycles. The molecule has 0 fully saturated rings. The van der Waals surface area contributed by atoms with E-state index in [-0.39, 0.29) is 11.5 Å². The Hall–Kier alpha value is -2.17. The third kappa shape index (κ3) is 2.11. The lowest BCUT2D eigenvalue weighted by Gasteiger charge is -2.08. The summed E-state index contributed by atoms with van der Waals surface area (Å²) >= 11 is 0. The van der Waals surface area contributed by atoms with Gasteiger partial charge in [0.1, 0.15) is 5.75 Å². The molecular formula is C13H14FN3O. The van der Waals surface area contributed by atoms with Crippen molar-refractivity contribution >= 4 is 5.82 Å². The van der Waals surface area contributed by atoms with Crippen LogP contribution in [0.25, 0.3) is 11.4 Å². The number of anilines is 1. The lowest BCUT2D eigenvalue weighted by molar-refractivity contribution is 0.412. The fourth-order valence-electron chi connectivity index (χ4n) is 1.73. The molecule has 0 aliphatic heterocycles. The summed E-state index contributed by atoms with van der Waals surface area (Å²) in [7, 11) is 1.61. The van der Waals surface area contributed by atoms with Gasteiger partial charge in [-0.25, -0.2) is 14.4 Å². The van der Waals surface area contributed by atoms with Crippen LogP contribution in [0.3, 0.4) is 0 Å². The maximum atomic E-state index is 13.4. The van der Waals surface area contributed by atoms with Gasteiger partial charge in [-0.15, -0.1) is 0 Å². The van der Waals surface area contributed by atoms with Gasteiger partial charge < -0.3 is 10.5 Å². The molecular weight excluding hydrogens is 233 g/mol. The quantitative estimate of drug-likeness (QED) is 0.885. The van der Waals surface area contributed by atoms with Gasteiger partial charge in [0.15, 0.2) is 17.5 Å². The van der Waals surface area contributed by atoms with Gasteiger partial charge in [-0.05, 0) is 37.6 Å². The highest BCUT2D eigenvalue weighted by atomic mass is 19.1. The number of benzene rings is 1. The molecule has 0 radical (unpaired) electrons. The summed E-state index contributed by atoms with van der Waals surface area (Å²) in [4.78, 5) is 8.04. The van der Waals surface area contributed by atoms with Crippen molar-refractivity contribution in [1.29, 1.82) is 0 Å². The molecule has 1 aromatic carbocycles. The van der Waals surface area contributed by atoms with Crippen molar-refractivity contribution in [3.05, 3.63) is 35.3 Å². The van der Waals surface area contributed by atoms with Crippen molar-refractivity contribution in [3.63, 3.8) is 0 Å². The maximum absolute atomic E-state index is 13.4. The highest BCUT2D eigenvalue weighted by Gasteiger charge is 2.11. The van der Waals surface area contributed by atoms with Crippen molar-refractivity contribution in [2.75, 3.05) is 12.8 Å². The highest BCUT2D eigenvalue weighted by molar-refractivity contribution is 5.60. The van der Waals surface area contributed by atoms with Gasteiger partial charge in [0.05, 0.1) is 12.8 Å². The number of nitrogens with two attached hydrogens (primary N) is 1. The van der Waals surface area contributed by atoms with Gasteiger partial charge in [-0.1, -0.05) is 0 Å². The Morgan fingerprint density at radius 2 is 1.94 bits per heavy atom. The smallest absolute Gasteiger partial charge is 0.186 e. The summed E-state index contributed by atoms with van der Waals surface area (Å²) in [6.07, 6.45) is 0. The normalized spacial score (nSPS) is 10.4. The monoisotopic (exact) mass is 247 g/mol. The van der Waals surface area contributed by atoms with E-state index >= 15 is 0 Å². The lowest BCUT2D eigenvalue weighted by Crippen LogP contribution is -2.03. The molecule has 2 rings (SSSR count). The number of nitrogens with zero attached hydrogens (tertiary/aromatic N) is 2. The van der Waals surface area contributed by atoms with Crippen LogP contribution in [-0.2, 0) is 0 Å². The van der Waals surface area contributed by atoms with Crippen LogP contribution in [0.2, 0.25) is 0 Å². The van der Waals surface area contributed by atoms with E-state index in [0.29, 0.717) is 5.82 Å². The molecule has 0 aliphatic carbocycles. The zero-order valence-electron chi connectivity index (χ0n) is 10.5. The summed E-state index contributed by atoms with van der Waals surface area (Å²) in [5, 5.41) is 0. The van der Waals surface area contributed by atoms with Crippen molar-refractivity contribution in [2.45, 2.75) is 13.8 Å². The van der Waals surface area contributed by atoms with Crippen LogP contribution >= 0.6 is 0 Å². The zero-order valence-corrected chi connectivity index (χ0v) is 10.5. The number of aryl methyl sites for hydroxylation is 2. The van der Waals surface area contributed by atoms with Crippen LogP contribution in [0.1, 0.15) is 11.3 Å². The Morgan fingerprint density at radius 3 is 2.50 bits per heavy atom. The molecule has 1 aromatic heterocycles. The van der Waals surface area contributed by atoms with Crippen molar-refractivity contribution in [3.8, 4) is 17.1 Å². The molecule has 0 unspecified atom stereocenters. The SMILES string of the molecule is COc1ccc(-c2nc(C)c(F)c(N)n2)cc1C. The first-order valence-electron chi connectivity index (χ1n) is 5.47. The minimum Gasteiger partial charge on any atom is -0.496 e. The molecule has 18 heavy (non-hydrogen) atoms. The molecule has 0 atom stereocenters. The van der Waals surface area contributed by atoms with Gasteiger partial charge >= 0.3 is 0 Å². The predicted molar refractivity (Wildman–Crippen MR) is 67.9 cm³/mol. The van der Waals surface area contributed by atoms with Gasteiger partial charge in [-0.2, -0.15) is 0 Å². The minimum atomic E-state index is -0.566. The number of methoxy groups -OCH3 is 1. The first-order chi connectivity index (χ1) is 8.52. The van der Waals surface area contributed by atoms with E-state index < -0.39 is 5.82 Å². The molecule has 2 N–H and O–H groups in total. The van der Waals surface area contributed by atoms with Crippen molar-refractivity contribution in [1.82, 2.24) is 9.97 Å². The highest BCUT2D eigenvalue weighted by Crippen LogP contribution is 2.25. The number of nitrogen functional groups attached to an aromatic ring is 1. The predicted octanol–water partition coefficient (Wildman–Crippen LogP) is 2.49. The van der Waals surface area contributed by atoms with Crippen LogP contribution in [0, 0.1) is 19.7 Å². The number of rotatable bonds is 2. The number of aromatic nitrogens is 2. The average Bonchev–Trinajstić information content (AvgIpc) is 2.35. The van der Waals surface area contributed by atoms with Crippen LogP contribution in [0.5, 0.6) is 5.75 Å². The molecule has 1 heterocycles. The molecule has 0 bridgehead atoms. The van der Waals surface area contributed by atoms with Crippen molar-refractivity contribution < 1.29 is 9.13 Å². The second-order valence-corrected chi connectivity index (χ2v) is 4.02. The van der Waals surface area contributed by atoms with E-state index in [9.17, 15) is 4.39 Å². The third-order valence-electron chi connectivity index (χ3n) is 2.70. The number of halogens is 1. The summed E-state index contributed by atoms with van der Waals surface area (Å²) in [5.41, 5.74) is 7.48. The maximum Gasteiger partial charge on any atom is 0.186 e. The second-order valence-electron chi connectivity index (χ2n) is 4.02. The van der Waals surface area contributed by atoms with Gasteiger partial charge in [0, 0.05) is 5.56 Å². The molecule has 0 amide bonds. The van der Waals surface area contributed by atoms with E-state index in [4.69, 9.17) is 10.5 Å².